The van der Waals surface area contributed by atoms with Gasteiger partial charge < -0.3 is 5.32 Å². The molecule has 0 unspecified atom stereocenters. The molecule has 0 aliphatic heterocycles. The van der Waals surface area contributed by atoms with Crippen LogP contribution in [0.3, 0.4) is 0 Å². The summed E-state index contributed by atoms with van der Waals surface area (Å²) >= 11 is 0. The Labute approximate surface area is 122 Å². The molecule has 1 amide bonds. The molecule has 0 radical (unpaired) electrons. The van der Waals surface area contributed by atoms with Gasteiger partial charge in [0.05, 0.1) is 0 Å². The Morgan fingerprint density at radius 3 is 2.05 bits per heavy atom. The van der Waals surface area contributed by atoms with E-state index in [1.807, 2.05) is 0 Å². The smallest absolute Gasteiger partial charge is 0.223 e. The maximum atomic E-state index is 12.3. The fourth-order valence-corrected chi connectivity index (χ4v) is 3.62. The van der Waals surface area contributed by atoms with Crippen LogP contribution in [-0.2, 0) is 9.59 Å². The molecule has 1 N–H and O–H groups in total. The Hall–Kier alpha value is -0.860. The molecule has 0 aromatic heterocycles. The first-order valence-electron chi connectivity index (χ1n) is 8.18. The maximum Gasteiger partial charge on any atom is 0.223 e. The highest BCUT2D eigenvalue weighted by Crippen LogP contribution is 2.39. The first-order valence-corrected chi connectivity index (χ1v) is 8.18. The fourth-order valence-electron chi connectivity index (χ4n) is 3.62. The van der Waals surface area contributed by atoms with Gasteiger partial charge in [-0.15, -0.1) is 0 Å². The summed E-state index contributed by atoms with van der Waals surface area (Å²) in [4.78, 5) is 23.5. The molecule has 20 heavy (non-hydrogen) atoms. The fraction of sp³-hybridized carbons (Fsp3) is 0.882. The number of nitrogens with one attached hydrogen (secondary N) is 1. The lowest BCUT2D eigenvalue weighted by Gasteiger charge is -2.37. The van der Waals surface area contributed by atoms with Crippen LogP contribution in [0.2, 0.25) is 0 Å². The van der Waals surface area contributed by atoms with Crippen LogP contribution in [0.4, 0.5) is 0 Å². The van der Waals surface area contributed by atoms with Crippen molar-refractivity contribution >= 4 is 11.7 Å². The van der Waals surface area contributed by atoms with Crippen LogP contribution in [0.15, 0.2) is 0 Å². The molecule has 2 rings (SSSR count). The first kappa shape index (κ1) is 15.5. The Balaban J connectivity index is 1.76. The third-order valence-corrected chi connectivity index (χ3v) is 5.21. The number of carbonyl (C=O) groups is 2. The van der Waals surface area contributed by atoms with Gasteiger partial charge in [-0.1, -0.05) is 20.8 Å². The van der Waals surface area contributed by atoms with Crippen LogP contribution in [0, 0.1) is 17.3 Å². The average molecular weight is 279 g/mol. The zero-order valence-electron chi connectivity index (χ0n) is 13.2. The zero-order valence-corrected chi connectivity index (χ0v) is 13.2. The SMILES string of the molecule is CC(C)(C)C1CCC(C(=O)NC2CCC(=O)CC2)CC1. The molecule has 0 bridgehead atoms. The number of rotatable bonds is 2. The Morgan fingerprint density at radius 2 is 1.55 bits per heavy atom. The lowest BCUT2D eigenvalue weighted by atomic mass is 9.69. The largest absolute Gasteiger partial charge is 0.353 e. The summed E-state index contributed by atoms with van der Waals surface area (Å²) in [7, 11) is 0. The second-order valence-corrected chi connectivity index (χ2v) is 7.74. The van der Waals surface area contributed by atoms with Crippen molar-refractivity contribution in [3.63, 3.8) is 0 Å². The zero-order chi connectivity index (χ0) is 14.8. The molecule has 2 aliphatic carbocycles. The first-order chi connectivity index (χ1) is 9.36. The van der Waals surface area contributed by atoms with Crippen LogP contribution in [0.1, 0.15) is 72.1 Å². The van der Waals surface area contributed by atoms with E-state index in [1.165, 1.54) is 12.8 Å². The number of ketones is 1. The molecule has 0 aromatic rings. The molecule has 2 saturated carbocycles. The second-order valence-electron chi connectivity index (χ2n) is 7.74. The Morgan fingerprint density at radius 1 is 1.00 bits per heavy atom. The molecular formula is C17H29NO2. The highest BCUT2D eigenvalue weighted by molar-refractivity contribution is 5.81. The van der Waals surface area contributed by atoms with E-state index >= 15 is 0 Å². The lowest BCUT2D eigenvalue weighted by molar-refractivity contribution is -0.128. The third-order valence-electron chi connectivity index (χ3n) is 5.21. The van der Waals surface area contributed by atoms with Crippen molar-refractivity contribution in [2.75, 3.05) is 0 Å². The number of hydrogen-bond donors (Lipinski definition) is 1. The molecule has 0 spiro atoms. The molecule has 3 heteroatoms. The topological polar surface area (TPSA) is 46.2 Å². The summed E-state index contributed by atoms with van der Waals surface area (Å²) in [6.07, 6.45) is 7.35. The highest BCUT2D eigenvalue weighted by Gasteiger charge is 2.33. The van der Waals surface area contributed by atoms with E-state index in [1.54, 1.807) is 0 Å². The Bertz CT molecular complexity index is 352. The van der Waals surface area contributed by atoms with Crippen molar-refractivity contribution in [2.24, 2.45) is 17.3 Å². The summed E-state index contributed by atoms with van der Waals surface area (Å²) in [5.41, 5.74) is 0.366. The molecule has 0 saturated heterocycles. The van der Waals surface area contributed by atoms with Gasteiger partial charge >= 0.3 is 0 Å². The number of hydrogen-bond acceptors (Lipinski definition) is 2. The summed E-state index contributed by atoms with van der Waals surface area (Å²) in [6, 6.07) is 0.237. The number of amides is 1. The van der Waals surface area contributed by atoms with Gasteiger partial charge in [-0.25, -0.2) is 0 Å². The predicted octanol–water partition coefficient (Wildman–Crippen LogP) is 3.47. The maximum absolute atomic E-state index is 12.3. The van der Waals surface area contributed by atoms with Gasteiger partial charge in [-0.2, -0.15) is 0 Å². The van der Waals surface area contributed by atoms with Gasteiger partial charge in [-0.3, -0.25) is 9.59 Å². The highest BCUT2D eigenvalue weighted by atomic mass is 16.2. The van der Waals surface area contributed by atoms with E-state index in [4.69, 9.17) is 0 Å². The molecule has 0 aromatic carbocycles. The second kappa shape index (κ2) is 6.28. The van der Waals surface area contributed by atoms with Gasteiger partial charge in [0.15, 0.2) is 0 Å². The molecule has 0 atom stereocenters. The van der Waals surface area contributed by atoms with Crippen LogP contribution in [0.25, 0.3) is 0 Å². The van der Waals surface area contributed by atoms with Crippen molar-refractivity contribution in [3.05, 3.63) is 0 Å². The summed E-state index contributed by atoms with van der Waals surface area (Å²) in [5, 5.41) is 3.17. The minimum absolute atomic E-state index is 0.200. The number of Topliss-reactive ketones (excluding diaryl/α,β-unsaturated/α-hetero) is 1. The quantitative estimate of drug-likeness (QED) is 0.841. The van der Waals surface area contributed by atoms with Crippen LogP contribution >= 0.6 is 0 Å². The van der Waals surface area contributed by atoms with E-state index in [0.717, 1.165) is 31.6 Å². The van der Waals surface area contributed by atoms with Crippen LogP contribution < -0.4 is 5.32 Å². The van der Waals surface area contributed by atoms with Crippen molar-refractivity contribution in [2.45, 2.75) is 78.2 Å². The standard InChI is InChI=1S/C17H29NO2/c1-17(2,3)13-6-4-12(5-7-13)16(20)18-14-8-10-15(19)11-9-14/h12-14H,4-11H2,1-3H3,(H,18,20). The average Bonchev–Trinajstić information content (AvgIpc) is 2.40. The summed E-state index contributed by atoms with van der Waals surface area (Å²) in [6.45, 7) is 6.91. The van der Waals surface area contributed by atoms with Gasteiger partial charge in [0.2, 0.25) is 5.91 Å². The third kappa shape index (κ3) is 4.07. The number of carbonyl (C=O) groups excluding carboxylic acids is 2. The van der Waals surface area contributed by atoms with Crippen molar-refractivity contribution < 1.29 is 9.59 Å². The van der Waals surface area contributed by atoms with E-state index in [9.17, 15) is 9.59 Å². The minimum Gasteiger partial charge on any atom is -0.353 e. The lowest BCUT2D eigenvalue weighted by Crippen LogP contribution is -2.42. The summed E-state index contributed by atoms with van der Waals surface area (Å²) in [5.74, 6) is 1.53. The molecule has 0 heterocycles. The van der Waals surface area contributed by atoms with Gasteiger partial charge in [0, 0.05) is 24.8 Å². The van der Waals surface area contributed by atoms with Gasteiger partial charge in [0.25, 0.3) is 0 Å². The molecule has 3 nitrogen and oxygen atoms in total. The van der Waals surface area contributed by atoms with Crippen molar-refractivity contribution in [1.82, 2.24) is 5.32 Å². The van der Waals surface area contributed by atoms with Gasteiger partial charge in [0.1, 0.15) is 5.78 Å². The monoisotopic (exact) mass is 279 g/mol. The molecule has 2 fully saturated rings. The van der Waals surface area contributed by atoms with Crippen molar-refractivity contribution in [1.29, 1.82) is 0 Å². The van der Waals surface area contributed by atoms with Gasteiger partial charge in [-0.05, 0) is 49.9 Å². The van der Waals surface area contributed by atoms with Crippen molar-refractivity contribution in [3.8, 4) is 0 Å². The molecule has 2 aliphatic rings. The van der Waals surface area contributed by atoms with E-state index < -0.39 is 0 Å². The predicted molar refractivity (Wildman–Crippen MR) is 80.3 cm³/mol. The molecule has 114 valence electrons. The Kier molecular flexibility index (Phi) is 4.87. The van der Waals surface area contributed by atoms with E-state index in [2.05, 4.69) is 26.1 Å². The molecular weight excluding hydrogens is 250 g/mol. The van der Waals surface area contributed by atoms with Crippen LogP contribution in [0.5, 0.6) is 0 Å². The normalized spacial score (nSPS) is 29.2. The van der Waals surface area contributed by atoms with Crippen LogP contribution in [-0.4, -0.2) is 17.7 Å². The van der Waals surface area contributed by atoms with E-state index in [0.29, 0.717) is 24.0 Å². The van der Waals surface area contributed by atoms with E-state index in [-0.39, 0.29) is 17.9 Å². The minimum atomic E-state index is 0.200. The summed E-state index contributed by atoms with van der Waals surface area (Å²) < 4.78 is 0.